The van der Waals surface area contributed by atoms with Gasteiger partial charge in [0.25, 0.3) is 0 Å². The summed E-state index contributed by atoms with van der Waals surface area (Å²) in [5, 5.41) is 4.16. The summed E-state index contributed by atoms with van der Waals surface area (Å²) in [6.45, 7) is 5.77. The number of amides is 1. The van der Waals surface area contributed by atoms with Crippen molar-refractivity contribution in [2.24, 2.45) is 0 Å². The fraction of sp³-hybridized carbons (Fsp3) is 0.435. The first-order valence-corrected chi connectivity index (χ1v) is 11.3. The average Bonchev–Trinajstić information content (AvgIpc) is 2.76. The molecular weight excluding hydrogens is 421 g/mol. The molecule has 0 saturated carbocycles. The summed E-state index contributed by atoms with van der Waals surface area (Å²) in [4.78, 5) is 16.3. The minimum Gasteiger partial charge on any atom is -0.494 e. The Bertz CT molecular complexity index is 898. The molecule has 2 aromatic carbocycles. The van der Waals surface area contributed by atoms with Gasteiger partial charge in [-0.1, -0.05) is 29.3 Å². The van der Waals surface area contributed by atoms with Gasteiger partial charge in [-0.05, 0) is 61.7 Å². The zero-order valence-electron chi connectivity index (χ0n) is 17.0. The van der Waals surface area contributed by atoms with Crippen molar-refractivity contribution >= 4 is 40.5 Å². The number of hydrogen-bond donors (Lipinski definition) is 1. The van der Waals surface area contributed by atoms with E-state index in [4.69, 9.17) is 27.9 Å². The van der Waals surface area contributed by atoms with Crippen LogP contribution in [0.15, 0.2) is 36.4 Å². The first-order chi connectivity index (χ1) is 14.6. The van der Waals surface area contributed by atoms with Gasteiger partial charge >= 0.3 is 0 Å². The van der Waals surface area contributed by atoms with Crippen LogP contribution >= 0.6 is 23.2 Å². The minimum absolute atomic E-state index is 0.0904. The quantitative estimate of drug-likeness (QED) is 0.615. The van der Waals surface area contributed by atoms with Crippen LogP contribution in [0.2, 0.25) is 10.0 Å². The summed E-state index contributed by atoms with van der Waals surface area (Å²) >= 11 is 12.5. The third-order valence-corrected chi connectivity index (χ3v) is 6.56. The number of hydrogen-bond acceptors (Lipinski definition) is 4. The average molecular weight is 448 g/mol. The number of benzene rings is 2. The van der Waals surface area contributed by atoms with Gasteiger partial charge in [0.15, 0.2) is 0 Å². The van der Waals surface area contributed by atoms with Gasteiger partial charge in [-0.25, -0.2) is 0 Å². The molecule has 0 aromatic heterocycles. The number of aryl methyl sites for hydroxylation is 1. The Morgan fingerprint density at radius 3 is 2.67 bits per heavy atom. The Balaban J connectivity index is 1.15. The number of halogens is 2. The topological polar surface area (TPSA) is 44.8 Å². The number of unbranched alkanes of at least 4 members (excludes halogenated alkanes) is 1. The van der Waals surface area contributed by atoms with Crippen LogP contribution in [0.4, 0.5) is 11.4 Å². The maximum atomic E-state index is 11.4. The molecule has 30 heavy (non-hydrogen) atoms. The molecule has 0 atom stereocenters. The van der Waals surface area contributed by atoms with Crippen molar-refractivity contribution in [1.82, 2.24) is 4.90 Å². The van der Waals surface area contributed by atoms with E-state index >= 15 is 0 Å². The molecule has 0 radical (unpaired) electrons. The number of piperazine rings is 1. The van der Waals surface area contributed by atoms with Crippen LogP contribution in [-0.2, 0) is 11.2 Å². The van der Waals surface area contributed by atoms with Gasteiger partial charge in [-0.15, -0.1) is 0 Å². The summed E-state index contributed by atoms with van der Waals surface area (Å²) in [7, 11) is 0. The van der Waals surface area contributed by atoms with Crippen LogP contribution in [0.1, 0.15) is 24.8 Å². The number of carbonyl (C=O) groups excluding carboxylic acids is 1. The number of rotatable bonds is 7. The Kier molecular flexibility index (Phi) is 7.03. The number of anilines is 2. The molecule has 4 rings (SSSR count). The minimum atomic E-state index is 0.0904. The predicted molar refractivity (Wildman–Crippen MR) is 123 cm³/mol. The molecule has 0 unspecified atom stereocenters. The second-order valence-electron chi connectivity index (χ2n) is 7.82. The van der Waals surface area contributed by atoms with Gasteiger partial charge in [0, 0.05) is 38.3 Å². The lowest BCUT2D eigenvalue weighted by Crippen LogP contribution is -2.46. The van der Waals surface area contributed by atoms with Crippen molar-refractivity contribution in [2.45, 2.75) is 25.7 Å². The highest BCUT2D eigenvalue weighted by atomic mass is 35.5. The Labute approximate surface area is 187 Å². The molecule has 2 aromatic rings. The van der Waals surface area contributed by atoms with Crippen LogP contribution in [-0.4, -0.2) is 50.1 Å². The highest BCUT2D eigenvalue weighted by molar-refractivity contribution is 6.43. The van der Waals surface area contributed by atoms with E-state index < -0.39 is 0 Å². The standard InChI is InChI=1S/C23H27Cl2N3O2/c24-19-4-3-5-21(23(19)25)28-13-11-27(12-14-28)10-1-2-15-30-18-7-8-20-17(16-18)6-9-22(29)26-20/h3-5,7-8,16H,1-2,6,9-15H2,(H,26,29). The fourth-order valence-corrected chi connectivity index (χ4v) is 4.44. The molecule has 1 N–H and O–H groups in total. The SMILES string of the molecule is O=C1CCc2cc(OCCCCN3CCN(c4cccc(Cl)c4Cl)CC3)ccc2N1. The second kappa shape index (κ2) is 9.90. The van der Waals surface area contributed by atoms with E-state index in [1.807, 2.05) is 30.3 Å². The van der Waals surface area contributed by atoms with Gasteiger partial charge in [0.05, 0.1) is 22.3 Å². The Morgan fingerprint density at radius 2 is 1.83 bits per heavy atom. The second-order valence-corrected chi connectivity index (χ2v) is 8.61. The Morgan fingerprint density at radius 1 is 1.00 bits per heavy atom. The van der Waals surface area contributed by atoms with E-state index in [1.165, 1.54) is 0 Å². The maximum Gasteiger partial charge on any atom is 0.224 e. The van der Waals surface area contributed by atoms with E-state index in [9.17, 15) is 4.79 Å². The smallest absolute Gasteiger partial charge is 0.224 e. The van der Waals surface area contributed by atoms with Crippen LogP contribution in [0.25, 0.3) is 0 Å². The zero-order chi connectivity index (χ0) is 20.9. The third kappa shape index (κ3) is 5.20. The largest absolute Gasteiger partial charge is 0.494 e. The highest BCUT2D eigenvalue weighted by Gasteiger charge is 2.19. The summed E-state index contributed by atoms with van der Waals surface area (Å²) in [5.74, 6) is 0.976. The molecule has 1 fully saturated rings. The Hall–Kier alpha value is -1.95. The number of ether oxygens (including phenoxy) is 1. The van der Waals surface area contributed by atoms with Crippen molar-refractivity contribution in [2.75, 3.05) is 49.5 Å². The summed E-state index contributed by atoms with van der Waals surface area (Å²) in [6.07, 6.45) is 3.46. The zero-order valence-corrected chi connectivity index (χ0v) is 18.5. The molecular formula is C23H27Cl2N3O2. The lowest BCUT2D eigenvalue weighted by molar-refractivity contribution is -0.116. The van der Waals surface area contributed by atoms with E-state index in [1.54, 1.807) is 0 Å². The van der Waals surface area contributed by atoms with Crippen LogP contribution in [0.5, 0.6) is 5.75 Å². The van der Waals surface area contributed by atoms with Crippen LogP contribution in [0, 0.1) is 0 Å². The molecule has 1 saturated heterocycles. The lowest BCUT2D eigenvalue weighted by Gasteiger charge is -2.36. The molecule has 0 aliphatic carbocycles. The van der Waals surface area contributed by atoms with Gasteiger partial charge in [0.1, 0.15) is 5.75 Å². The molecule has 2 aliphatic rings. The summed E-state index contributed by atoms with van der Waals surface area (Å²) in [6, 6.07) is 11.7. The molecule has 0 spiro atoms. The van der Waals surface area contributed by atoms with Crippen molar-refractivity contribution < 1.29 is 9.53 Å². The monoisotopic (exact) mass is 447 g/mol. The number of nitrogens with zero attached hydrogens (tertiary/aromatic N) is 2. The van der Waals surface area contributed by atoms with Crippen molar-refractivity contribution in [3.63, 3.8) is 0 Å². The van der Waals surface area contributed by atoms with E-state index in [-0.39, 0.29) is 5.91 Å². The first kappa shape index (κ1) is 21.3. The number of fused-ring (bicyclic) bond motifs is 1. The molecule has 2 aliphatic heterocycles. The fourth-order valence-electron chi connectivity index (χ4n) is 4.03. The van der Waals surface area contributed by atoms with E-state index in [2.05, 4.69) is 21.2 Å². The highest BCUT2D eigenvalue weighted by Crippen LogP contribution is 2.33. The number of carbonyl (C=O) groups is 1. The van der Waals surface area contributed by atoms with Crippen molar-refractivity contribution in [1.29, 1.82) is 0 Å². The predicted octanol–water partition coefficient (Wildman–Crippen LogP) is 4.86. The lowest BCUT2D eigenvalue weighted by atomic mass is 10.0. The molecule has 5 nitrogen and oxygen atoms in total. The summed E-state index contributed by atoms with van der Waals surface area (Å²) < 4.78 is 5.92. The normalized spacial score (nSPS) is 16.9. The van der Waals surface area contributed by atoms with Gasteiger partial charge in [-0.3, -0.25) is 9.69 Å². The van der Waals surface area contributed by atoms with E-state index in [0.717, 1.165) is 74.7 Å². The molecule has 1 amide bonds. The third-order valence-electron chi connectivity index (χ3n) is 5.75. The maximum absolute atomic E-state index is 11.4. The molecule has 160 valence electrons. The first-order valence-electron chi connectivity index (χ1n) is 10.6. The van der Waals surface area contributed by atoms with Gasteiger partial charge in [-0.2, -0.15) is 0 Å². The van der Waals surface area contributed by atoms with Crippen molar-refractivity contribution in [3.05, 3.63) is 52.0 Å². The van der Waals surface area contributed by atoms with Crippen molar-refractivity contribution in [3.8, 4) is 5.75 Å². The van der Waals surface area contributed by atoms with Gasteiger partial charge in [0.2, 0.25) is 5.91 Å². The van der Waals surface area contributed by atoms with Crippen LogP contribution < -0.4 is 15.0 Å². The summed E-state index contributed by atoms with van der Waals surface area (Å²) in [5.41, 5.74) is 3.10. The molecule has 0 bridgehead atoms. The van der Waals surface area contributed by atoms with Crippen LogP contribution in [0.3, 0.4) is 0 Å². The molecule has 2 heterocycles. The van der Waals surface area contributed by atoms with Gasteiger partial charge < -0.3 is 15.0 Å². The molecule has 7 heteroatoms. The number of nitrogens with one attached hydrogen (secondary N) is 1. The van der Waals surface area contributed by atoms with E-state index in [0.29, 0.717) is 23.1 Å².